The molecule has 2 aromatic carbocycles. The maximum absolute atomic E-state index is 6.02. The number of nitrogens with zero attached hydrogens (tertiary/aromatic N) is 2. The van der Waals surface area contributed by atoms with Crippen LogP contribution in [0.4, 0.5) is 5.69 Å². The molecule has 0 aliphatic carbocycles. The van der Waals surface area contributed by atoms with Crippen molar-refractivity contribution >= 4 is 5.69 Å². The van der Waals surface area contributed by atoms with Gasteiger partial charge in [-0.3, -0.25) is 4.90 Å². The van der Waals surface area contributed by atoms with E-state index in [0.717, 1.165) is 26.2 Å². The lowest BCUT2D eigenvalue weighted by molar-refractivity contribution is 0.173. The number of nitrogens with two attached hydrogens (primary N) is 1. The maximum Gasteiger partial charge on any atom is 0.0398 e. The largest absolute Gasteiger partial charge is 0.369 e. The summed E-state index contributed by atoms with van der Waals surface area (Å²) in [5.41, 5.74) is 8.69. The van der Waals surface area contributed by atoms with E-state index in [4.69, 9.17) is 5.73 Å². The molecule has 21 heavy (non-hydrogen) atoms. The number of piperazine rings is 1. The second-order valence-electron chi connectivity index (χ2n) is 5.63. The van der Waals surface area contributed by atoms with Crippen molar-refractivity contribution in [1.29, 1.82) is 0 Å². The predicted molar refractivity (Wildman–Crippen MR) is 88.3 cm³/mol. The van der Waals surface area contributed by atoms with Crippen LogP contribution in [0.3, 0.4) is 0 Å². The molecule has 0 aromatic heterocycles. The zero-order valence-corrected chi connectivity index (χ0v) is 12.4. The van der Waals surface area contributed by atoms with Gasteiger partial charge in [0.15, 0.2) is 0 Å². The quantitative estimate of drug-likeness (QED) is 0.933. The van der Waals surface area contributed by atoms with E-state index in [0.29, 0.717) is 12.6 Å². The molecule has 1 fully saturated rings. The summed E-state index contributed by atoms with van der Waals surface area (Å²) in [6, 6.07) is 21.7. The Hall–Kier alpha value is -1.84. The van der Waals surface area contributed by atoms with Crippen molar-refractivity contribution < 1.29 is 0 Å². The van der Waals surface area contributed by atoms with Gasteiger partial charge in [0.25, 0.3) is 0 Å². The molecule has 2 aromatic rings. The van der Waals surface area contributed by atoms with E-state index in [9.17, 15) is 0 Å². The fourth-order valence-electron chi connectivity index (χ4n) is 3.02. The Bertz CT molecular complexity index is 541. The standard InChI is InChI=1S/C18H23N3/c19-13-18-15-21(17-9-5-2-6-10-17)12-11-20(18)14-16-7-3-1-4-8-16/h1-10,18H,11-15,19H2. The Morgan fingerprint density at radius 2 is 1.57 bits per heavy atom. The van der Waals surface area contributed by atoms with Crippen molar-refractivity contribution in [3.8, 4) is 0 Å². The zero-order valence-electron chi connectivity index (χ0n) is 12.4. The second-order valence-corrected chi connectivity index (χ2v) is 5.63. The Kier molecular flexibility index (Phi) is 4.53. The summed E-state index contributed by atoms with van der Waals surface area (Å²) < 4.78 is 0. The topological polar surface area (TPSA) is 32.5 Å². The minimum absolute atomic E-state index is 0.416. The molecule has 1 unspecified atom stereocenters. The van der Waals surface area contributed by atoms with Crippen LogP contribution in [0.15, 0.2) is 60.7 Å². The van der Waals surface area contributed by atoms with Gasteiger partial charge in [-0.25, -0.2) is 0 Å². The van der Waals surface area contributed by atoms with E-state index in [1.165, 1.54) is 11.3 Å². The van der Waals surface area contributed by atoms with Crippen LogP contribution >= 0.6 is 0 Å². The molecule has 0 spiro atoms. The molecule has 3 heteroatoms. The van der Waals surface area contributed by atoms with Gasteiger partial charge in [-0.1, -0.05) is 48.5 Å². The first-order valence-corrected chi connectivity index (χ1v) is 7.65. The van der Waals surface area contributed by atoms with Gasteiger partial charge in [-0.2, -0.15) is 0 Å². The SMILES string of the molecule is NCC1CN(c2ccccc2)CCN1Cc1ccccc1. The summed E-state index contributed by atoms with van der Waals surface area (Å²) in [5, 5.41) is 0. The van der Waals surface area contributed by atoms with E-state index >= 15 is 0 Å². The summed E-state index contributed by atoms with van der Waals surface area (Å²) in [4.78, 5) is 4.95. The first kappa shape index (κ1) is 14.1. The Morgan fingerprint density at radius 1 is 0.905 bits per heavy atom. The highest BCUT2D eigenvalue weighted by molar-refractivity contribution is 5.46. The minimum Gasteiger partial charge on any atom is -0.369 e. The Morgan fingerprint density at radius 3 is 2.24 bits per heavy atom. The molecule has 1 aliphatic heterocycles. The van der Waals surface area contributed by atoms with Gasteiger partial charge in [-0.05, 0) is 17.7 Å². The second kappa shape index (κ2) is 6.74. The minimum atomic E-state index is 0.416. The molecule has 2 N–H and O–H groups in total. The number of para-hydroxylation sites is 1. The monoisotopic (exact) mass is 281 g/mol. The molecule has 1 atom stereocenters. The molecular weight excluding hydrogens is 258 g/mol. The van der Waals surface area contributed by atoms with Crippen LogP contribution in [0.2, 0.25) is 0 Å². The third kappa shape index (κ3) is 3.43. The molecular formula is C18H23N3. The van der Waals surface area contributed by atoms with E-state index < -0.39 is 0 Å². The number of anilines is 1. The van der Waals surface area contributed by atoms with Gasteiger partial charge in [0.1, 0.15) is 0 Å². The average molecular weight is 281 g/mol. The average Bonchev–Trinajstić information content (AvgIpc) is 2.57. The first-order chi connectivity index (χ1) is 10.4. The fourth-order valence-corrected chi connectivity index (χ4v) is 3.02. The van der Waals surface area contributed by atoms with E-state index in [1.54, 1.807) is 0 Å². The van der Waals surface area contributed by atoms with Gasteiger partial charge in [0, 0.05) is 44.5 Å². The molecule has 0 bridgehead atoms. The van der Waals surface area contributed by atoms with Crippen molar-refractivity contribution in [1.82, 2.24) is 4.90 Å². The van der Waals surface area contributed by atoms with Crippen LogP contribution in [-0.2, 0) is 6.54 Å². The molecule has 0 radical (unpaired) electrons. The van der Waals surface area contributed by atoms with Crippen molar-refractivity contribution in [2.45, 2.75) is 12.6 Å². The van der Waals surface area contributed by atoms with Crippen LogP contribution in [-0.4, -0.2) is 37.1 Å². The highest BCUT2D eigenvalue weighted by Crippen LogP contribution is 2.20. The van der Waals surface area contributed by atoms with Crippen molar-refractivity contribution in [3.63, 3.8) is 0 Å². The molecule has 1 aliphatic rings. The van der Waals surface area contributed by atoms with Gasteiger partial charge < -0.3 is 10.6 Å². The smallest absolute Gasteiger partial charge is 0.0398 e. The summed E-state index contributed by atoms with van der Waals surface area (Å²) in [7, 11) is 0. The van der Waals surface area contributed by atoms with E-state index in [-0.39, 0.29) is 0 Å². The number of hydrogen-bond acceptors (Lipinski definition) is 3. The van der Waals surface area contributed by atoms with Crippen LogP contribution in [0.1, 0.15) is 5.56 Å². The van der Waals surface area contributed by atoms with Crippen molar-refractivity contribution in [2.75, 3.05) is 31.1 Å². The van der Waals surface area contributed by atoms with Crippen LogP contribution in [0.25, 0.3) is 0 Å². The highest BCUT2D eigenvalue weighted by atomic mass is 15.3. The number of hydrogen-bond donors (Lipinski definition) is 1. The third-order valence-electron chi connectivity index (χ3n) is 4.23. The summed E-state index contributed by atoms with van der Waals surface area (Å²) >= 11 is 0. The van der Waals surface area contributed by atoms with Crippen LogP contribution < -0.4 is 10.6 Å². The maximum atomic E-state index is 6.02. The summed E-state index contributed by atoms with van der Waals surface area (Å²) in [5.74, 6) is 0. The molecule has 1 heterocycles. The zero-order chi connectivity index (χ0) is 14.5. The van der Waals surface area contributed by atoms with Crippen molar-refractivity contribution in [2.24, 2.45) is 5.73 Å². The lowest BCUT2D eigenvalue weighted by Crippen LogP contribution is -2.55. The molecule has 3 nitrogen and oxygen atoms in total. The Balaban J connectivity index is 1.67. The highest BCUT2D eigenvalue weighted by Gasteiger charge is 2.25. The summed E-state index contributed by atoms with van der Waals surface area (Å²) in [6.45, 7) is 4.83. The summed E-state index contributed by atoms with van der Waals surface area (Å²) in [6.07, 6.45) is 0. The first-order valence-electron chi connectivity index (χ1n) is 7.65. The third-order valence-corrected chi connectivity index (χ3v) is 4.23. The van der Waals surface area contributed by atoms with Crippen LogP contribution in [0.5, 0.6) is 0 Å². The molecule has 1 saturated heterocycles. The molecule has 0 saturated carbocycles. The van der Waals surface area contributed by atoms with Gasteiger partial charge >= 0.3 is 0 Å². The van der Waals surface area contributed by atoms with Gasteiger partial charge in [-0.15, -0.1) is 0 Å². The molecule has 110 valence electrons. The van der Waals surface area contributed by atoms with Gasteiger partial charge in [0.2, 0.25) is 0 Å². The van der Waals surface area contributed by atoms with Crippen molar-refractivity contribution in [3.05, 3.63) is 66.2 Å². The lowest BCUT2D eigenvalue weighted by Gasteiger charge is -2.42. The number of benzene rings is 2. The van der Waals surface area contributed by atoms with Crippen LogP contribution in [0, 0.1) is 0 Å². The Labute approximate surface area is 127 Å². The van der Waals surface area contributed by atoms with Gasteiger partial charge in [0.05, 0.1) is 0 Å². The number of rotatable bonds is 4. The predicted octanol–water partition coefficient (Wildman–Crippen LogP) is 2.34. The molecule has 3 rings (SSSR count). The van der Waals surface area contributed by atoms with E-state index in [1.807, 2.05) is 0 Å². The fraction of sp³-hybridized carbons (Fsp3) is 0.333. The lowest BCUT2D eigenvalue weighted by atomic mass is 10.1. The van der Waals surface area contributed by atoms with E-state index in [2.05, 4.69) is 70.5 Å². The molecule has 0 amide bonds. The normalized spacial score (nSPS) is 19.7.